The predicted molar refractivity (Wildman–Crippen MR) is 59.3 cm³/mol. The van der Waals surface area contributed by atoms with Crippen LogP contribution in [0.25, 0.3) is 10.1 Å². The van der Waals surface area contributed by atoms with Crippen LogP contribution in [0.3, 0.4) is 0 Å². The van der Waals surface area contributed by atoms with Gasteiger partial charge in [-0.05, 0) is 37.1 Å². The lowest BCUT2D eigenvalue weighted by atomic mass is 10.1. The third-order valence-corrected chi connectivity index (χ3v) is 3.16. The van der Waals surface area contributed by atoms with Crippen molar-refractivity contribution in [3.63, 3.8) is 0 Å². The molecule has 0 radical (unpaired) electrons. The third-order valence-electron chi connectivity index (χ3n) is 2.14. The largest absolute Gasteiger partial charge is 0.316 e. The Morgan fingerprint density at radius 1 is 1.38 bits per heavy atom. The number of thiophene rings is 1. The number of nitrogens with one attached hydrogen (secondary N) is 1. The maximum Gasteiger partial charge on any atom is 0.0348 e. The molecular formula is C11H13NS. The number of rotatable bonds is 2. The monoisotopic (exact) mass is 191 g/mol. The van der Waals surface area contributed by atoms with Crippen LogP contribution in [-0.2, 0) is 6.54 Å². The van der Waals surface area contributed by atoms with E-state index in [0.717, 1.165) is 6.54 Å². The van der Waals surface area contributed by atoms with Crippen molar-refractivity contribution in [2.45, 2.75) is 13.5 Å². The number of hydrogen-bond acceptors (Lipinski definition) is 2. The Bertz CT molecular complexity index is 417. The molecule has 2 heteroatoms. The smallest absolute Gasteiger partial charge is 0.0348 e. The zero-order chi connectivity index (χ0) is 9.26. The Hall–Kier alpha value is -0.860. The highest BCUT2D eigenvalue weighted by atomic mass is 32.1. The van der Waals surface area contributed by atoms with E-state index < -0.39 is 0 Å². The molecule has 0 saturated heterocycles. The van der Waals surface area contributed by atoms with E-state index in [4.69, 9.17) is 0 Å². The van der Waals surface area contributed by atoms with Gasteiger partial charge in [-0.1, -0.05) is 12.1 Å². The summed E-state index contributed by atoms with van der Waals surface area (Å²) < 4.78 is 1.39. The van der Waals surface area contributed by atoms with Crippen LogP contribution in [0.2, 0.25) is 0 Å². The zero-order valence-corrected chi connectivity index (χ0v) is 8.74. The summed E-state index contributed by atoms with van der Waals surface area (Å²) in [4.78, 5) is 1.39. The second-order valence-electron chi connectivity index (χ2n) is 3.22. The SMILES string of the molecule is CNCc1cccc2sc(C)cc12. The molecule has 0 aliphatic rings. The molecule has 0 aliphatic heterocycles. The number of benzene rings is 1. The second kappa shape index (κ2) is 3.48. The van der Waals surface area contributed by atoms with Crippen LogP contribution < -0.4 is 5.32 Å². The number of aryl methyl sites for hydroxylation is 1. The van der Waals surface area contributed by atoms with E-state index in [9.17, 15) is 0 Å². The first-order chi connectivity index (χ1) is 6.31. The van der Waals surface area contributed by atoms with E-state index in [1.807, 2.05) is 18.4 Å². The Morgan fingerprint density at radius 3 is 3.00 bits per heavy atom. The Kier molecular flexibility index (Phi) is 2.34. The Balaban J connectivity index is 2.60. The lowest BCUT2D eigenvalue weighted by molar-refractivity contribution is 0.824. The fourth-order valence-corrected chi connectivity index (χ4v) is 2.56. The fourth-order valence-electron chi connectivity index (χ4n) is 1.59. The lowest BCUT2D eigenvalue weighted by Crippen LogP contribution is -2.04. The minimum atomic E-state index is 0.952. The summed E-state index contributed by atoms with van der Waals surface area (Å²) in [6.45, 7) is 3.11. The van der Waals surface area contributed by atoms with Gasteiger partial charge in [0, 0.05) is 16.1 Å². The van der Waals surface area contributed by atoms with Crippen molar-refractivity contribution in [1.29, 1.82) is 0 Å². The van der Waals surface area contributed by atoms with Gasteiger partial charge in [-0.25, -0.2) is 0 Å². The van der Waals surface area contributed by atoms with Crippen molar-refractivity contribution in [3.8, 4) is 0 Å². The molecule has 0 saturated carbocycles. The van der Waals surface area contributed by atoms with Gasteiger partial charge in [0.1, 0.15) is 0 Å². The molecule has 1 aromatic carbocycles. The molecule has 0 unspecified atom stereocenters. The van der Waals surface area contributed by atoms with Crippen LogP contribution in [0.1, 0.15) is 10.4 Å². The standard InChI is InChI=1S/C11H13NS/c1-8-6-10-9(7-12-2)4-3-5-11(10)13-8/h3-6,12H,7H2,1-2H3. The van der Waals surface area contributed by atoms with E-state index in [-0.39, 0.29) is 0 Å². The molecule has 1 heterocycles. The van der Waals surface area contributed by atoms with Crippen LogP contribution in [-0.4, -0.2) is 7.05 Å². The van der Waals surface area contributed by atoms with E-state index in [1.54, 1.807) is 0 Å². The molecule has 0 aliphatic carbocycles. The second-order valence-corrected chi connectivity index (χ2v) is 4.50. The van der Waals surface area contributed by atoms with Gasteiger partial charge in [-0.3, -0.25) is 0 Å². The highest BCUT2D eigenvalue weighted by molar-refractivity contribution is 7.19. The maximum atomic E-state index is 3.19. The minimum Gasteiger partial charge on any atom is -0.316 e. The van der Waals surface area contributed by atoms with Crippen molar-refractivity contribution in [2.75, 3.05) is 7.05 Å². The molecule has 1 nitrogen and oxygen atoms in total. The van der Waals surface area contributed by atoms with Crippen molar-refractivity contribution < 1.29 is 0 Å². The van der Waals surface area contributed by atoms with Gasteiger partial charge in [-0.2, -0.15) is 0 Å². The zero-order valence-electron chi connectivity index (χ0n) is 7.92. The molecule has 13 heavy (non-hydrogen) atoms. The first-order valence-electron chi connectivity index (χ1n) is 4.44. The topological polar surface area (TPSA) is 12.0 Å². The summed E-state index contributed by atoms with van der Waals surface area (Å²) in [5.41, 5.74) is 1.39. The first kappa shape index (κ1) is 8.73. The van der Waals surface area contributed by atoms with E-state index in [0.29, 0.717) is 0 Å². The molecule has 1 aromatic heterocycles. The van der Waals surface area contributed by atoms with E-state index in [1.165, 1.54) is 20.5 Å². The van der Waals surface area contributed by atoms with Crippen LogP contribution in [0, 0.1) is 6.92 Å². The fraction of sp³-hybridized carbons (Fsp3) is 0.273. The Morgan fingerprint density at radius 2 is 2.23 bits per heavy atom. The summed E-state index contributed by atoms with van der Waals surface area (Å²) in [6.07, 6.45) is 0. The van der Waals surface area contributed by atoms with Crippen LogP contribution in [0.15, 0.2) is 24.3 Å². The molecule has 0 spiro atoms. The number of fused-ring (bicyclic) bond motifs is 1. The first-order valence-corrected chi connectivity index (χ1v) is 5.25. The number of hydrogen-bond donors (Lipinski definition) is 1. The average Bonchev–Trinajstić information content (AvgIpc) is 2.47. The lowest BCUT2D eigenvalue weighted by Gasteiger charge is -2.00. The van der Waals surface area contributed by atoms with Crippen molar-refractivity contribution in [2.24, 2.45) is 0 Å². The molecule has 1 N–H and O–H groups in total. The predicted octanol–water partition coefficient (Wildman–Crippen LogP) is 2.93. The van der Waals surface area contributed by atoms with Gasteiger partial charge in [0.25, 0.3) is 0 Å². The van der Waals surface area contributed by atoms with Gasteiger partial charge in [-0.15, -0.1) is 11.3 Å². The van der Waals surface area contributed by atoms with Gasteiger partial charge in [0.05, 0.1) is 0 Å². The van der Waals surface area contributed by atoms with Crippen molar-refractivity contribution in [3.05, 3.63) is 34.7 Å². The molecule has 0 fully saturated rings. The van der Waals surface area contributed by atoms with Gasteiger partial charge in [0.2, 0.25) is 0 Å². The normalized spacial score (nSPS) is 10.9. The summed E-state index contributed by atoms with van der Waals surface area (Å²) >= 11 is 1.86. The Labute approximate surface area is 82.4 Å². The molecule has 68 valence electrons. The maximum absolute atomic E-state index is 3.19. The van der Waals surface area contributed by atoms with Crippen molar-refractivity contribution in [1.82, 2.24) is 5.32 Å². The van der Waals surface area contributed by atoms with E-state index in [2.05, 4.69) is 36.5 Å². The molecule has 0 atom stereocenters. The van der Waals surface area contributed by atoms with Crippen LogP contribution in [0.5, 0.6) is 0 Å². The van der Waals surface area contributed by atoms with Gasteiger partial charge >= 0.3 is 0 Å². The molecule has 0 bridgehead atoms. The van der Waals surface area contributed by atoms with Gasteiger partial charge < -0.3 is 5.32 Å². The highest BCUT2D eigenvalue weighted by Gasteiger charge is 2.02. The van der Waals surface area contributed by atoms with E-state index >= 15 is 0 Å². The van der Waals surface area contributed by atoms with Crippen LogP contribution in [0.4, 0.5) is 0 Å². The summed E-state index contributed by atoms with van der Waals surface area (Å²) in [5, 5.41) is 4.59. The summed E-state index contributed by atoms with van der Waals surface area (Å²) in [5.74, 6) is 0. The van der Waals surface area contributed by atoms with Gasteiger partial charge in [0.15, 0.2) is 0 Å². The summed E-state index contributed by atoms with van der Waals surface area (Å²) in [7, 11) is 1.98. The molecule has 2 aromatic rings. The van der Waals surface area contributed by atoms with Crippen molar-refractivity contribution >= 4 is 21.4 Å². The molecule has 0 amide bonds. The molecular weight excluding hydrogens is 178 g/mol. The van der Waals surface area contributed by atoms with Crippen LogP contribution >= 0.6 is 11.3 Å². The summed E-state index contributed by atoms with van der Waals surface area (Å²) in [6, 6.07) is 8.77. The third kappa shape index (κ3) is 1.60. The minimum absolute atomic E-state index is 0.952. The highest BCUT2D eigenvalue weighted by Crippen LogP contribution is 2.27. The quantitative estimate of drug-likeness (QED) is 0.769. The molecule has 2 rings (SSSR count). The average molecular weight is 191 g/mol.